The number of ether oxygens (including phenoxy) is 1. The Morgan fingerprint density at radius 3 is 2.94 bits per heavy atom. The van der Waals surface area contributed by atoms with Crippen LogP contribution in [0.2, 0.25) is 0 Å². The minimum atomic E-state index is -0.996. The fourth-order valence-electron chi connectivity index (χ4n) is 1.99. The lowest BCUT2D eigenvalue weighted by Crippen LogP contribution is -2.41. The van der Waals surface area contributed by atoms with Gasteiger partial charge in [0.1, 0.15) is 0 Å². The minimum Gasteiger partial charge on any atom is -0.478 e. The van der Waals surface area contributed by atoms with Gasteiger partial charge < -0.3 is 20.5 Å². The van der Waals surface area contributed by atoms with Gasteiger partial charge in [-0.15, -0.1) is 0 Å². The summed E-state index contributed by atoms with van der Waals surface area (Å²) in [7, 11) is 0. The van der Waals surface area contributed by atoms with Crippen LogP contribution in [-0.4, -0.2) is 36.9 Å². The van der Waals surface area contributed by atoms with Crippen LogP contribution in [0, 0.1) is 0 Å². The second-order valence-corrected chi connectivity index (χ2v) is 4.20. The molecule has 0 saturated carbocycles. The molecule has 92 valence electrons. The molecule has 1 aromatic rings. The molecule has 1 saturated heterocycles. The number of carboxylic acids is 1. The molecule has 1 aliphatic heterocycles. The van der Waals surface area contributed by atoms with E-state index in [9.17, 15) is 4.79 Å². The number of nitrogens with two attached hydrogens (primary N) is 1. The highest BCUT2D eigenvalue weighted by Crippen LogP contribution is 2.23. The SMILES string of the molecule is CC1CN(c2ccc(C(=O)O)c(N)c2)CCO1. The molecule has 1 fully saturated rings. The van der Waals surface area contributed by atoms with Gasteiger partial charge in [-0.25, -0.2) is 4.79 Å². The smallest absolute Gasteiger partial charge is 0.337 e. The number of morpholine rings is 1. The maximum atomic E-state index is 10.8. The summed E-state index contributed by atoms with van der Waals surface area (Å²) in [5.41, 5.74) is 7.12. The molecule has 17 heavy (non-hydrogen) atoms. The van der Waals surface area contributed by atoms with E-state index in [0.29, 0.717) is 12.3 Å². The van der Waals surface area contributed by atoms with Gasteiger partial charge in [0, 0.05) is 24.5 Å². The molecule has 0 radical (unpaired) electrons. The van der Waals surface area contributed by atoms with E-state index in [0.717, 1.165) is 18.8 Å². The highest BCUT2D eigenvalue weighted by Gasteiger charge is 2.18. The van der Waals surface area contributed by atoms with Gasteiger partial charge in [0.15, 0.2) is 0 Å². The van der Waals surface area contributed by atoms with E-state index in [4.69, 9.17) is 15.6 Å². The van der Waals surface area contributed by atoms with Crippen molar-refractivity contribution in [3.63, 3.8) is 0 Å². The van der Waals surface area contributed by atoms with Crippen molar-refractivity contribution >= 4 is 17.3 Å². The van der Waals surface area contributed by atoms with Crippen molar-refractivity contribution in [2.45, 2.75) is 13.0 Å². The average Bonchev–Trinajstić information content (AvgIpc) is 2.28. The summed E-state index contributed by atoms with van der Waals surface area (Å²) in [6, 6.07) is 5.05. The standard InChI is InChI=1S/C12H16N2O3/c1-8-7-14(4-5-17-8)9-2-3-10(12(15)16)11(13)6-9/h2-3,6,8H,4-5,7,13H2,1H3,(H,15,16). The Morgan fingerprint density at radius 2 is 2.35 bits per heavy atom. The number of nitrogens with zero attached hydrogens (tertiary/aromatic N) is 1. The summed E-state index contributed by atoms with van der Waals surface area (Å²) < 4.78 is 5.45. The quantitative estimate of drug-likeness (QED) is 0.754. The molecule has 1 unspecified atom stereocenters. The van der Waals surface area contributed by atoms with Crippen LogP contribution in [0.15, 0.2) is 18.2 Å². The number of benzene rings is 1. The molecule has 1 atom stereocenters. The van der Waals surface area contributed by atoms with Crippen LogP contribution in [0.5, 0.6) is 0 Å². The van der Waals surface area contributed by atoms with Crippen molar-refractivity contribution in [3.8, 4) is 0 Å². The van der Waals surface area contributed by atoms with E-state index in [1.165, 1.54) is 0 Å². The van der Waals surface area contributed by atoms with Crippen LogP contribution in [0.3, 0.4) is 0 Å². The fourth-order valence-corrected chi connectivity index (χ4v) is 1.99. The van der Waals surface area contributed by atoms with Crippen LogP contribution in [-0.2, 0) is 4.74 Å². The number of aromatic carboxylic acids is 1. The number of carboxylic acid groups (broad SMARTS) is 1. The van der Waals surface area contributed by atoms with Crippen LogP contribution >= 0.6 is 0 Å². The Kier molecular flexibility index (Phi) is 3.19. The minimum absolute atomic E-state index is 0.148. The first-order valence-electron chi connectivity index (χ1n) is 5.57. The highest BCUT2D eigenvalue weighted by atomic mass is 16.5. The Balaban J connectivity index is 2.22. The van der Waals surface area contributed by atoms with Gasteiger partial charge >= 0.3 is 5.97 Å². The summed E-state index contributed by atoms with van der Waals surface area (Å²) in [5, 5.41) is 8.90. The largest absolute Gasteiger partial charge is 0.478 e. The molecule has 1 heterocycles. The molecular weight excluding hydrogens is 220 g/mol. The molecule has 2 rings (SSSR count). The zero-order chi connectivity index (χ0) is 12.4. The van der Waals surface area contributed by atoms with Gasteiger partial charge in [0.25, 0.3) is 0 Å². The molecular formula is C12H16N2O3. The lowest BCUT2D eigenvalue weighted by Gasteiger charge is -2.33. The van der Waals surface area contributed by atoms with Crippen molar-refractivity contribution in [2.75, 3.05) is 30.3 Å². The van der Waals surface area contributed by atoms with Gasteiger partial charge in [0.2, 0.25) is 0 Å². The molecule has 0 bridgehead atoms. The Hall–Kier alpha value is -1.75. The van der Waals surface area contributed by atoms with E-state index in [1.54, 1.807) is 18.2 Å². The van der Waals surface area contributed by atoms with E-state index in [-0.39, 0.29) is 11.7 Å². The Bertz CT molecular complexity index is 434. The van der Waals surface area contributed by atoms with Crippen molar-refractivity contribution in [1.29, 1.82) is 0 Å². The topological polar surface area (TPSA) is 75.8 Å². The van der Waals surface area contributed by atoms with Crippen molar-refractivity contribution in [3.05, 3.63) is 23.8 Å². The molecule has 0 spiro atoms. The highest BCUT2D eigenvalue weighted by molar-refractivity contribution is 5.94. The third-order valence-corrected chi connectivity index (χ3v) is 2.87. The van der Waals surface area contributed by atoms with Gasteiger partial charge in [-0.1, -0.05) is 0 Å². The fraction of sp³-hybridized carbons (Fsp3) is 0.417. The van der Waals surface area contributed by atoms with Crippen molar-refractivity contribution in [1.82, 2.24) is 0 Å². The van der Waals surface area contributed by atoms with Crippen LogP contribution in [0.1, 0.15) is 17.3 Å². The molecule has 0 aromatic heterocycles. The molecule has 1 aromatic carbocycles. The molecule has 0 amide bonds. The van der Waals surface area contributed by atoms with Crippen LogP contribution in [0.4, 0.5) is 11.4 Å². The Labute approximate surface area is 99.8 Å². The monoisotopic (exact) mass is 236 g/mol. The molecule has 1 aliphatic rings. The number of anilines is 2. The first kappa shape index (κ1) is 11.7. The molecule has 5 nitrogen and oxygen atoms in total. The Morgan fingerprint density at radius 1 is 1.59 bits per heavy atom. The molecule has 5 heteroatoms. The van der Waals surface area contributed by atoms with E-state index in [1.807, 2.05) is 6.92 Å². The predicted octanol–water partition coefficient (Wildman–Crippen LogP) is 1.19. The van der Waals surface area contributed by atoms with E-state index < -0.39 is 5.97 Å². The average molecular weight is 236 g/mol. The zero-order valence-electron chi connectivity index (χ0n) is 9.72. The summed E-state index contributed by atoms with van der Waals surface area (Å²) in [5.74, 6) is -0.996. The lowest BCUT2D eigenvalue weighted by molar-refractivity contribution is 0.0532. The second-order valence-electron chi connectivity index (χ2n) is 4.20. The first-order chi connectivity index (χ1) is 8.08. The molecule has 3 N–H and O–H groups in total. The third-order valence-electron chi connectivity index (χ3n) is 2.87. The lowest BCUT2D eigenvalue weighted by atomic mass is 10.1. The maximum Gasteiger partial charge on any atom is 0.337 e. The van der Waals surface area contributed by atoms with Crippen LogP contribution in [0.25, 0.3) is 0 Å². The number of nitrogen functional groups attached to an aromatic ring is 1. The zero-order valence-corrected chi connectivity index (χ0v) is 9.72. The molecule has 0 aliphatic carbocycles. The number of hydrogen-bond donors (Lipinski definition) is 2. The van der Waals surface area contributed by atoms with Crippen LogP contribution < -0.4 is 10.6 Å². The summed E-state index contributed by atoms with van der Waals surface area (Å²) in [6.07, 6.45) is 0.184. The van der Waals surface area contributed by atoms with Crippen molar-refractivity contribution in [2.24, 2.45) is 0 Å². The van der Waals surface area contributed by atoms with Crippen molar-refractivity contribution < 1.29 is 14.6 Å². The normalized spacial score (nSPS) is 20.3. The maximum absolute atomic E-state index is 10.8. The first-order valence-corrected chi connectivity index (χ1v) is 5.57. The second kappa shape index (κ2) is 4.63. The summed E-state index contributed by atoms with van der Waals surface area (Å²) in [4.78, 5) is 13.0. The summed E-state index contributed by atoms with van der Waals surface area (Å²) >= 11 is 0. The number of rotatable bonds is 2. The van der Waals surface area contributed by atoms with Gasteiger partial charge in [-0.05, 0) is 25.1 Å². The number of hydrogen-bond acceptors (Lipinski definition) is 4. The van der Waals surface area contributed by atoms with Gasteiger partial charge in [-0.3, -0.25) is 0 Å². The summed E-state index contributed by atoms with van der Waals surface area (Å²) in [6.45, 7) is 4.30. The number of carbonyl (C=O) groups is 1. The third kappa shape index (κ3) is 2.50. The van der Waals surface area contributed by atoms with E-state index in [2.05, 4.69) is 4.90 Å². The van der Waals surface area contributed by atoms with E-state index >= 15 is 0 Å². The van der Waals surface area contributed by atoms with Gasteiger partial charge in [-0.2, -0.15) is 0 Å². The van der Waals surface area contributed by atoms with Gasteiger partial charge in [0.05, 0.1) is 18.3 Å². The predicted molar refractivity (Wildman–Crippen MR) is 65.4 cm³/mol.